The van der Waals surface area contributed by atoms with Gasteiger partial charge in [-0.1, -0.05) is 72.8 Å². The van der Waals surface area contributed by atoms with E-state index in [9.17, 15) is 14.4 Å². The molecule has 0 saturated heterocycles. The summed E-state index contributed by atoms with van der Waals surface area (Å²) < 4.78 is 0. The molecule has 0 fully saturated rings. The standard InChI is InChI=1S/C24H21O3P/c1-16(25)19-4-10-22(11-5-19)28(23-12-6-20(7-13-23)17(2)26)24-14-8-21(9-15-24)18(3)27/h4-15H,1-3H3. The van der Waals surface area contributed by atoms with Gasteiger partial charge in [-0.2, -0.15) is 0 Å². The molecule has 0 radical (unpaired) electrons. The monoisotopic (exact) mass is 388 g/mol. The van der Waals surface area contributed by atoms with Crippen LogP contribution in [-0.2, 0) is 0 Å². The van der Waals surface area contributed by atoms with Crippen LogP contribution >= 0.6 is 7.92 Å². The third-order valence-electron chi connectivity index (χ3n) is 4.60. The van der Waals surface area contributed by atoms with Crippen molar-refractivity contribution in [1.29, 1.82) is 0 Å². The summed E-state index contributed by atoms with van der Waals surface area (Å²) in [6.45, 7) is 4.66. The largest absolute Gasteiger partial charge is 0.295 e. The van der Waals surface area contributed by atoms with E-state index in [2.05, 4.69) is 0 Å². The minimum absolute atomic E-state index is 0.0347. The molecule has 0 heterocycles. The molecule has 0 spiro atoms. The van der Waals surface area contributed by atoms with Crippen LogP contribution in [0.5, 0.6) is 0 Å². The molecule has 4 heteroatoms. The summed E-state index contributed by atoms with van der Waals surface area (Å²) in [6.07, 6.45) is 0. The van der Waals surface area contributed by atoms with Crippen molar-refractivity contribution in [2.45, 2.75) is 20.8 Å². The molecule has 0 aromatic heterocycles. The molecular weight excluding hydrogens is 367 g/mol. The van der Waals surface area contributed by atoms with Crippen molar-refractivity contribution in [3.05, 3.63) is 89.5 Å². The van der Waals surface area contributed by atoms with E-state index in [-0.39, 0.29) is 17.3 Å². The van der Waals surface area contributed by atoms with Gasteiger partial charge in [-0.3, -0.25) is 14.4 Å². The normalized spacial score (nSPS) is 10.7. The lowest BCUT2D eigenvalue weighted by molar-refractivity contribution is 0.100. The van der Waals surface area contributed by atoms with Crippen molar-refractivity contribution in [2.24, 2.45) is 0 Å². The molecule has 0 aliphatic carbocycles. The predicted molar refractivity (Wildman–Crippen MR) is 115 cm³/mol. The number of carbonyl (C=O) groups is 3. The third kappa shape index (κ3) is 4.32. The number of hydrogen-bond acceptors (Lipinski definition) is 3. The van der Waals surface area contributed by atoms with Gasteiger partial charge in [0.15, 0.2) is 17.3 Å². The molecule has 0 saturated carbocycles. The maximum absolute atomic E-state index is 11.6. The molecule has 0 bridgehead atoms. The first-order valence-corrected chi connectivity index (χ1v) is 10.3. The lowest BCUT2D eigenvalue weighted by Crippen LogP contribution is -2.21. The van der Waals surface area contributed by atoms with Gasteiger partial charge in [0, 0.05) is 16.7 Å². The maximum atomic E-state index is 11.6. The number of carbonyl (C=O) groups excluding carboxylic acids is 3. The number of hydrogen-bond donors (Lipinski definition) is 0. The lowest BCUT2D eigenvalue weighted by Gasteiger charge is -2.20. The number of ketones is 3. The van der Waals surface area contributed by atoms with E-state index >= 15 is 0 Å². The van der Waals surface area contributed by atoms with E-state index in [0.717, 1.165) is 15.9 Å². The molecular formula is C24H21O3P. The van der Waals surface area contributed by atoms with Crippen molar-refractivity contribution < 1.29 is 14.4 Å². The average Bonchev–Trinajstić information content (AvgIpc) is 2.69. The second-order valence-corrected chi connectivity index (χ2v) is 8.86. The fourth-order valence-electron chi connectivity index (χ4n) is 2.98. The summed E-state index contributed by atoms with van der Waals surface area (Å²) in [5.74, 6) is 0.104. The second-order valence-electron chi connectivity index (χ2n) is 6.64. The first-order valence-electron chi connectivity index (χ1n) is 9.00. The maximum Gasteiger partial charge on any atom is 0.159 e. The summed E-state index contributed by atoms with van der Waals surface area (Å²) >= 11 is 0. The summed E-state index contributed by atoms with van der Waals surface area (Å²) in [7, 11) is -0.875. The van der Waals surface area contributed by atoms with E-state index in [1.54, 1.807) is 20.8 Å². The fraction of sp³-hybridized carbons (Fsp3) is 0.125. The number of benzene rings is 3. The summed E-state index contributed by atoms with van der Waals surface area (Å²) in [5, 5.41) is 3.31. The second kappa shape index (κ2) is 8.41. The Balaban J connectivity index is 2.08. The van der Waals surface area contributed by atoms with Crippen LogP contribution in [0.3, 0.4) is 0 Å². The van der Waals surface area contributed by atoms with Crippen molar-refractivity contribution in [3.8, 4) is 0 Å². The molecule has 0 amide bonds. The van der Waals surface area contributed by atoms with Gasteiger partial charge in [0.05, 0.1) is 0 Å². The molecule has 3 aromatic rings. The smallest absolute Gasteiger partial charge is 0.159 e. The minimum Gasteiger partial charge on any atom is -0.295 e. The summed E-state index contributed by atoms with van der Waals surface area (Å²) in [5.41, 5.74) is 2.03. The Kier molecular flexibility index (Phi) is 5.96. The highest BCUT2D eigenvalue weighted by Crippen LogP contribution is 2.33. The first kappa shape index (κ1) is 19.9. The molecule has 0 unspecified atom stereocenters. The van der Waals surface area contributed by atoms with Crippen LogP contribution in [0.15, 0.2) is 72.8 Å². The van der Waals surface area contributed by atoms with Gasteiger partial charge in [-0.25, -0.2) is 0 Å². The van der Waals surface area contributed by atoms with Gasteiger partial charge in [0.2, 0.25) is 0 Å². The SMILES string of the molecule is CC(=O)c1ccc(P(c2ccc(C(C)=O)cc2)c2ccc(C(C)=O)cc2)cc1. The van der Waals surface area contributed by atoms with Crippen molar-refractivity contribution in [3.63, 3.8) is 0 Å². The zero-order valence-electron chi connectivity index (χ0n) is 16.1. The molecule has 0 atom stereocenters. The van der Waals surface area contributed by atoms with E-state index in [4.69, 9.17) is 0 Å². The molecule has 3 nitrogen and oxygen atoms in total. The number of Topliss-reactive ketones (excluding diaryl/α,β-unsaturated/α-hetero) is 3. The molecule has 3 rings (SSSR count). The van der Waals surface area contributed by atoms with Crippen LogP contribution in [0.1, 0.15) is 51.8 Å². The minimum atomic E-state index is -0.875. The van der Waals surface area contributed by atoms with E-state index in [1.165, 1.54) is 0 Å². The van der Waals surface area contributed by atoms with Crippen LogP contribution < -0.4 is 15.9 Å². The van der Waals surface area contributed by atoms with Crippen LogP contribution in [0.4, 0.5) is 0 Å². The van der Waals surface area contributed by atoms with Crippen LogP contribution in [-0.4, -0.2) is 17.3 Å². The molecule has 28 heavy (non-hydrogen) atoms. The van der Waals surface area contributed by atoms with E-state index in [1.807, 2.05) is 72.8 Å². The average molecular weight is 388 g/mol. The Bertz CT molecular complexity index is 880. The van der Waals surface area contributed by atoms with Crippen molar-refractivity contribution in [1.82, 2.24) is 0 Å². The van der Waals surface area contributed by atoms with Crippen LogP contribution in [0.25, 0.3) is 0 Å². The van der Waals surface area contributed by atoms with Gasteiger partial charge >= 0.3 is 0 Å². The number of rotatable bonds is 6. The Hall–Kier alpha value is -2.90. The van der Waals surface area contributed by atoms with Gasteiger partial charge in [0.25, 0.3) is 0 Å². The highest BCUT2D eigenvalue weighted by atomic mass is 31.1. The van der Waals surface area contributed by atoms with Crippen molar-refractivity contribution in [2.75, 3.05) is 0 Å². The zero-order chi connectivity index (χ0) is 20.3. The molecule has 3 aromatic carbocycles. The van der Waals surface area contributed by atoms with Gasteiger partial charge < -0.3 is 0 Å². The zero-order valence-corrected chi connectivity index (χ0v) is 17.0. The van der Waals surface area contributed by atoms with Gasteiger partial charge in [-0.15, -0.1) is 0 Å². The quantitative estimate of drug-likeness (QED) is 0.473. The summed E-state index contributed by atoms with van der Waals surface area (Å²) in [6, 6.07) is 23.0. The predicted octanol–water partition coefficient (Wildman–Crippen LogP) is 4.05. The Morgan fingerprint density at radius 2 is 0.679 bits per heavy atom. The lowest BCUT2D eigenvalue weighted by atomic mass is 10.1. The van der Waals surface area contributed by atoms with Crippen LogP contribution in [0, 0.1) is 0 Å². The molecule has 0 N–H and O–H groups in total. The van der Waals surface area contributed by atoms with E-state index in [0.29, 0.717) is 16.7 Å². The van der Waals surface area contributed by atoms with Crippen LogP contribution in [0.2, 0.25) is 0 Å². The van der Waals surface area contributed by atoms with Gasteiger partial charge in [-0.05, 0) is 44.6 Å². The highest BCUT2D eigenvalue weighted by molar-refractivity contribution is 7.79. The highest BCUT2D eigenvalue weighted by Gasteiger charge is 2.17. The summed E-state index contributed by atoms with van der Waals surface area (Å²) in [4.78, 5) is 34.8. The van der Waals surface area contributed by atoms with Gasteiger partial charge in [0.1, 0.15) is 0 Å². The Morgan fingerprint density at radius 1 is 0.464 bits per heavy atom. The van der Waals surface area contributed by atoms with E-state index < -0.39 is 7.92 Å². The molecule has 140 valence electrons. The molecule has 0 aliphatic heterocycles. The molecule has 0 aliphatic rings. The van der Waals surface area contributed by atoms with Crippen molar-refractivity contribution >= 4 is 41.2 Å². The topological polar surface area (TPSA) is 51.2 Å². The Morgan fingerprint density at radius 3 is 0.857 bits per heavy atom. The third-order valence-corrected chi connectivity index (χ3v) is 7.04. The Labute approximate surface area is 166 Å². The first-order chi connectivity index (χ1) is 13.4. The fourth-order valence-corrected chi connectivity index (χ4v) is 5.22.